The molecule has 1 saturated carbocycles. The molecule has 39 heavy (non-hydrogen) atoms. The highest BCUT2D eigenvalue weighted by Gasteiger charge is 2.41. The number of likely N-dealkylation sites (N-methyl/N-ethyl adjacent to an activating group) is 1. The van der Waals surface area contributed by atoms with Crippen molar-refractivity contribution >= 4 is 35.3 Å². The Hall–Kier alpha value is -3.63. The average Bonchev–Trinajstić information content (AvgIpc) is 3.55. The zero-order chi connectivity index (χ0) is 27.7. The van der Waals surface area contributed by atoms with Crippen LogP contribution in [-0.4, -0.2) is 94.7 Å². The summed E-state index contributed by atoms with van der Waals surface area (Å²) < 4.78 is 5.50. The van der Waals surface area contributed by atoms with Gasteiger partial charge in [0.25, 0.3) is 0 Å². The van der Waals surface area contributed by atoms with E-state index in [9.17, 15) is 9.59 Å². The molecule has 4 heterocycles. The smallest absolute Gasteiger partial charge is 0.410 e. The molecule has 2 aliphatic heterocycles. The van der Waals surface area contributed by atoms with Gasteiger partial charge in [0.2, 0.25) is 11.9 Å². The Bertz CT molecular complexity index is 1180. The Balaban J connectivity index is 1.24. The van der Waals surface area contributed by atoms with Crippen LogP contribution in [0.4, 0.5) is 28.1 Å². The minimum absolute atomic E-state index is 0.110. The van der Waals surface area contributed by atoms with Gasteiger partial charge in [-0.3, -0.25) is 4.79 Å². The third-order valence-electron chi connectivity index (χ3n) is 7.56. The van der Waals surface area contributed by atoms with Gasteiger partial charge in [0.15, 0.2) is 0 Å². The number of fused-ring (bicyclic) bond motifs is 1. The van der Waals surface area contributed by atoms with E-state index in [2.05, 4.69) is 25.1 Å². The topological polar surface area (TPSA) is 107 Å². The van der Waals surface area contributed by atoms with Crippen molar-refractivity contribution < 1.29 is 14.3 Å². The van der Waals surface area contributed by atoms with Crippen molar-refractivity contribution in [2.24, 2.45) is 0 Å². The molecule has 11 nitrogen and oxygen atoms in total. The number of amides is 2. The second kappa shape index (κ2) is 10.9. The van der Waals surface area contributed by atoms with E-state index in [1.54, 1.807) is 9.80 Å². The maximum atomic E-state index is 13.0. The average molecular weight is 537 g/mol. The van der Waals surface area contributed by atoms with Gasteiger partial charge in [-0.1, -0.05) is 12.8 Å². The highest BCUT2D eigenvalue weighted by Crippen LogP contribution is 2.38. The van der Waals surface area contributed by atoms with E-state index in [1.807, 2.05) is 59.4 Å². The predicted octanol–water partition coefficient (Wildman–Crippen LogP) is 3.43. The molecule has 0 bridgehead atoms. The number of hydrogen-bond donors (Lipinski definition) is 1. The zero-order valence-corrected chi connectivity index (χ0v) is 23.7. The van der Waals surface area contributed by atoms with Crippen LogP contribution >= 0.6 is 0 Å². The first-order chi connectivity index (χ1) is 18.6. The largest absolute Gasteiger partial charge is 0.444 e. The van der Waals surface area contributed by atoms with Crippen LogP contribution in [-0.2, 0) is 16.0 Å². The van der Waals surface area contributed by atoms with Crippen LogP contribution in [0.25, 0.3) is 0 Å². The molecule has 2 amide bonds. The van der Waals surface area contributed by atoms with E-state index in [4.69, 9.17) is 9.72 Å². The normalized spacial score (nSPS) is 19.7. The van der Waals surface area contributed by atoms with Gasteiger partial charge < -0.3 is 29.7 Å². The van der Waals surface area contributed by atoms with E-state index in [1.165, 1.54) is 12.8 Å². The fourth-order valence-electron chi connectivity index (χ4n) is 5.63. The number of carbonyl (C=O) groups excluding carboxylic acids is 2. The number of aromatic nitrogens is 3. The SMILES string of the molecule is CN(C)C(=O)C1Cc2cnc(Nc3ccc(N4CCN(C(=O)OC(C)(C)C)CC4)cn3)nc2N1C1CCCC1. The first-order valence-electron chi connectivity index (χ1n) is 13.9. The van der Waals surface area contributed by atoms with Gasteiger partial charge in [0, 0.05) is 64.5 Å². The van der Waals surface area contributed by atoms with Crippen molar-refractivity contribution in [1.29, 1.82) is 0 Å². The lowest BCUT2D eigenvalue weighted by Gasteiger charge is -2.36. The van der Waals surface area contributed by atoms with Gasteiger partial charge in [-0.25, -0.2) is 14.8 Å². The number of ether oxygens (including phenoxy) is 1. The molecule has 2 fully saturated rings. The number of carbonyl (C=O) groups is 2. The quantitative estimate of drug-likeness (QED) is 0.615. The van der Waals surface area contributed by atoms with Crippen LogP contribution in [0.3, 0.4) is 0 Å². The van der Waals surface area contributed by atoms with E-state index < -0.39 is 5.60 Å². The van der Waals surface area contributed by atoms with Crippen molar-refractivity contribution in [1.82, 2.24) is 24.8 Å². The van der Waals surface area contributed by atoms with Crippen molar-refractivity contribution in [3.8, 4) is 0 Å². The third kappa shape index (κ3) is 6.02. The molecule has 2 aromatic rings. The van der Waals surface area contributed by atoms with Crippen LogP contribution in [0.5, 0.6) is 0 Å². The van der Waals surface area contributed by atoms with Crippen molar-refractivity contribution in [2.45, 2.75) is 70.6 Å². The molecule has 5 rings (SSSR count). The molecule has 1 saturated heterocycles. The fourth-order valence-corrected chi connectivity index (χ4v) is 5.63. The number of pyridine rings is 1. The second-order valence-corrected chi connectivity index (χ2v) is 11.8. The fraction of sp³-hybridized carbons (Fsp3) is 0.607. The first kappa shape index (κ1) is 27.0. The molecule has 1 N–H and O–H groups in total. The van der Waals surface area contributed by atoms with Crippen LogP contribution in [0.2, 0.25) is 0 Å². The van der Waals surface area contributed by atoms with Crippen LogP contribution in [0.15, 0.2) is 24.5 Å². The van der Waals surface area contributed by atoms with Gasteiger partial charge in [-0.2, -0.15) is 4.98 Å². The minimum atomic E-state index is -0.496. The summed E-state index contributed by atoms with van der Waals surface area (Å²) in [6, 6.07) is 4.04. The Kier molecular flexibility index (Phi) is 7.51. The minimum Gasteiger partial charge on any atom is -0.444 e. The second-order valence-electron chi connectivity index (χ2n) is 11.8. The lowest BCUT2D eigenvalue weighted by atomic mass is 10.1. The van der Waals surface area contributed by atoms with E-state index in [-0.39, 0.29) is 18.0 Å². The van der Waals surface area contributed by atoms with Crippen molar-refractivity contribution in [3.63, 3.8) is 0 Å². The number of nitrogens with zero attached hydrogens (tertiary/aromatic N) is 7. The predicted molar refractivity (Wildman–Crippen MR) is 150 cm³/mol. The Morgan fingerprint density at radius 3 is 2.36 bits per heavy atom. The van der Waals surface area contributed by atoms with E-state index in [0.29, 0.717) is 50.4 Å². The third-order valence-corrected chi connectivity index (χ3v) is 7.56. The summed E-state index contributed by atoms with van der Waals surface area (Å²) in [5.41, 5.74) is 1.52. The first-order valence-corrected chi connectivity index (χ1v) is 13.9. The summed E-state index contributed by atoms with van der Waals surface area (Å²) in [6.07, 6.45) is 8.57. The molecule has 3 aliphatic rings. The lowest BCUT2D eigenvalue weighted by molar-refractivity contribution is -0.130. The van der Waals surface area contributed by atoms with Gasteiger partial charge in [-0.15, -0.1) is 0 Å². The van der Waals surface area contributed by atoms with Gasteiger partial charge in [-0.05, 0) is 45.7 Å². The lowest BCUT2D eigenvalue weighted by Crippen LogP contribution is -2.50. The molecule has 0 radical (unpaired) electrons. The number of rotatable bonds is 5. The molecule has 2 aromatic heterocycles. The summed E-state index contributed by atoms with van der Waals surface area (Å²) in [5.74, 6) is 2.09. The number of nitrogens with one attached hydrogen (secondary N) is 1. The summed E-state index contributed by atoms with van der Waals surface area (Å²) >= 11 is 0. The molecule has 0 aromatic carbocycles. The highest BCUT2D eigenvalue weighted by atomic mass is 16.6. The summed E-state index contributed by atoms with van der Waals surface area (Å²) in [7, 11) is 3.63. The Morgan fingerprint density at radius 1 is 1.03 bits per heavy atom. The van der Waals surface area contributed by atoms with Crippen molar-refractivity contribution in [3.05, 3.63) is 30.1 Å². The van der Waals surface area contributed by atoms with E-state index in [0.717, 1.165) is 29.9 Å². The highest BCUT2D eigenvalue weighted by molar-refractivity contribution is 5.87. The molecule has 1 aliphatic carbocycles. The van der Waals surface area contributed by atoms with Crippen LogP contribution in [0.1, 0.15) is 52.0 Å². The number of hydrogen-bond acceptors (Lipinski definition) is 9. The molecule has 1 unspecified atom stereocenters. The zero-order valence-electron chi connectivity index (χ0n) is 23.7. The number of piperazine rings is 1. The van der Waals surface area contributed by atoms with Gasteiger partial charge in [0.1, 0.15) is 23.3 Å². The monoisotopic (exact) mass is 536 g/mol. The van der Waals surface area contributed by atoms with Crippen LogP contribution in [0, 0.1) is 0 Å². The maximum Gasteiger partial charge on any atom is 0.410 e. The molecule has 210 valence electrons. The Labute approximate surface area is 230 Å². The molecular formula is C28H40N8O3. The van der Waals surface area contributed by atoms with Gasteiger partial charge in [0.05, 0.1) is 11.9 Å². The number of anilines is 4. The maximum absolute atomic E-state index is 13.0. The van der Waals surface area contributed by atoms with E-state index >= 15 is 0 Å². The molecular weight excluding hydrogens is 496 g/mol. The summed E-state index contributed by atoms with van der Waals surface area (Å²) in [6.45, 7) is 8.27. The molecule has 1 atom stereocenters. The van der Waals surface area contributed by atoms with Gasteiger partial charge >= 0.3 is 6.09 Å². The Morgan fingerprint density at radius 2 is 1.74 bits per heavy atom. The summed E-state index contributed by atoms with van der Waals surface area (Å²) in [5, 5.41) is 3.24. The molecule has 11 heteroatoms. The summed E-state index contributed by atoms with van der Waals surface area (Å²) in [4.78, 5) is 47.2. The van der Waals surface area contributed by atoms with Crippen LogP contribution < -0.4 is 15.1 Å². The van der Waals surface area contributed by atoms with Crippen molar-refractivity contribution in [2.75, 3.05) is 55.4 Å². The standard InChI is InChI=1S/C28H40N8O3/c1-28(2,3)39-27(38)35-14-12-34(13-15-35)21-10-11-23(29-18-21)31-26-30-17-19-16-22(25(37)33(4)5)36(24(19)32-26)20-8-6-7-9-20/h10-11,17-18,20,22H,6-9,12-16H2,1-5H3,(H,29,30,31,32). The molecule has 0 spiro atoms.